The summed E-state index contributed by atoms with van der Waals surface area (Å²) in [6, 6.07) is 1.33. The molecule has 1 fully saturated rings. The molecule has 0 aromatic carbocycles. The van der Waals surface area contributed by atoms with Crippen molar-refractivity contribution in [3.05, 3.63) is 17.0 Å². The number of alkyl halides is 1. The molecule has 1 unspecified atom stereocenters. The number of hydrogen-bond acceptors (Lipinski definition) is 7. The maximum atomic E-state index is 14.2. The van der Waals surface area contributed by atoms with E-state index in [1.165, 1.54) is 12.3 Å². The molecule has 1 aliphatic rings. The Labute approximate surface area is 118 Å². The van der Waals surface area contributed by atoms with Gasteiger partial charge < -0.3 is 25.8 Å². The summed E-state index contributed by atoms with van der Waals surface area (Å²) in [5, 5.41) is 29.0. The number of hydrogen-bond donors (Lipinski definition) is 4. The first-order valence-electron chi connectivity index (χ1n) is 5.49. The van der Waals surface area contributed by atoms with E-state index >= 15 is 0 Å². The fourth-order valence-electron chi connectivity index (χ4n) is 1.95. The molecule has 1 saturated heterocycles. The van der Waals surface area contributed by atoms with Gasteiger partial charge in [-0.15, -0.1) is 6.42 Å². The highest BCUT2D eigenvalue weighted by molar-refractivity contribution is 7.71. The largest absolute Gasteiger partial charge is 0.390 e. The van der Waals surface area contributed by atoms with Crippen molar-refractivity contribution in [2.45, 2.75) is 23.8 Å². The molecule has 0 saturated carbocycles. The molecule has 20 heavy (non-hydrogen) atoms. The molecule has 4 atom stereocenters. The van der Waals surface area contributed by atoms with Crippen LogP contribution in [0.15, 0.2) is 12.3 Å². The van der Waals surface area contributed by atoms with Crippen molar-refractivity contribution in [1.82, 2.24) is 9.55 Å². The summed E-state index contributed by atoms with van der Waals surface area (Å²) in [4.78, 5) is 3.75. The van der Waals surface area contributed by atoms with Crippen LogP contribution in [-0.2, 0) is 4.74 Å². The summed E-state index contributed by atoms with van der Waals surface area (Å²) in [6.07, 6.45) is 2.73. The number of aromatic nitrogens is 2. The highest BCUT2D eigenvalue weighted by Gasteiger charge is 2.64. The van der Waals surface area contributed by atoms with Crippen LogP contribution in [0.1, 0.15) is 6.23 Å². The summed E-state index contributed by atoms with van der Waals surface area (Å²) < 4.78 is 20.0. The molecule has 0 aliphatic carbocycles. The number of anilines is 1. The third-order valence-electron chi connectivity index (χ3n) is 3.06. The van der Waals surface area contributed by atoms with Gasteiger partial charge in [-0.25, -0.2) is 9.37 Å². The first kappa shape index (κ1) is 14.8. The highest BCUT2D eigenvalue weighted by Crippen LogP contribution is 2.44. The quantitative estimate of drug-likeness (QED) is 0.414. The van der Waals surface area contributed by atoms with Gasteiger partial charge in [-0.3, -0.25) is 4.57 Å². The minimum atomic E-state index is -2.91. The van der Waals surface area contributed by atoms with Crippen molar-refractivity contribution >= 4 is 18.0 Å². The average Bonchev–Trinajstić information content (AvgIpc) is 2.62. The maximum absolute atomic E-state index is 14.2. The summed E-state index contributed by atoms with van der Waals surface area (Å²) in [5.74, 6) is -0.928. The molecule has 0 spiro atoms. The van der Waals surface area contributed by atoms with E-state index in [4.69, 9.17) is 34.2 Å². The molecule has 0 radical (unpaired) electrons. The monoisotopic (exact) mass is 301 g/mol. The second kappa shape index (κ2) is 4.76. The number of aliphatic hydroxyl groups is 3. The lowest BCUT2D eigenvalue weighted by molar-refractivity contribution is -0.207. The molecule has 0 amide bonds. The van der Waals surface area contributed by atoms with Crippen LogP contribution in [0.3, 0.4) is 0 Å². The Morgan fingerprint density at radius 3 is 2.85 bits per heavy atom. The molecule has 7 nitrogen and oxygen atoms in total. The van der Waals surface area contributed by atoms with Gasteiger partial charge in [0.15, 0.2) is 12.3 Å². The summed E-state index contributed by atoms with van der Waals surface area (Å²) in [7, 11) is 0. The molecule has 1 aliphatic heterocycles. The van der Waals surface area contributed by atoms with Crippen molar-refractivity contribution in [2.75, 3.05) is 12.3 Å². The van der Waals surface area contributed by atoms with Crippen LogP contribution in [0.25, 0.3) is 0 Å². The van der Waals surface area contributed by atoms with Gasteiger partial charge in [0.25, 0.3) is 5.85 Å². The minimum Gasteiger partial charge on any atom is -0.390 e. The highest BCUT2D eigenvalue weighted by atomic mass is 32.1. The Morgan fingerprint density at radius 2 is 2.35 bits per heavy atom. The van der Waals surface area contributed by atoms with Crippen LogP contribution in [-0.4, -0.2) is 49.0 Å². The van der Waals surface area contributed by atoms with Crippen molar-refractivity contribution in [2.24, 2.45) is 0 Å². The van der Waals surface area contributed by atoms with Gasteiger partial charge >= 0.3 is 0 Å². The molecular formula is C11H12FN3O4S. The van der Waals surface area contributed by atoms with E-state index in [-0.39, 0.29) is 10.6 Å². The van der Waals surface area contributed by atoms with E-state index in [2.05, 4.69) is 4.98 Å². The van der Waals surface area contributed by atoms with E-state index in [0.717, 1.165) is 4.57 Å². The average molecular weight is 301 g/mol. The van der Waals surface area contributed by atoms with Crippen LogP contribution < -0.4 is 5.73 Å². The Kier molecular flexibility index (Phi) is 3.53. The van der Waals surface area contributed by atoms with Gasteiger partial charge in [0.1, 0.15) is 12.4 Å². The van der Waals surface area contributed by atoms with Crippen LogP contribution in [0.2, 0.25) is 0 Å². The predicted molar refractivity (Wildman–Crippen MR) is 68.3 cm³/mol. The number of terminal acetylenes is 1. The zero-order valence-corrected chi connectivity index (χ0v) is 10.9. The van der Waals surface area contributed by atoms with Gasteiger partial charge in [0.05, 0.1) is 0 Å². The SMILES string of the molecule is C#C[C@@]1(O)C(O)[C@@](F)(CO)O[C@H]1n1ccc(N)nc1=S. The van der Waals surface area contributed by atoms with Crippen LogP contribution in [0, 0.1) is 17.1 Å². The number of halogens is 1. The number of aliphatic hydroxyl groups excluding tert-OH is 2. The molecule has 9 heteroatoms. The minimum absolute atomic E-state index is 0.114. The second-order valence-corrected chi connectivity index (χ2v) is 4.69. The third kappa shape index (κ3) is 1.98. The zero-order chi connectivity index (χ0) is 15.1. The summed E-state index contributed by atoms with van der Waals surface area (Å²) in [6.45, 7) is -1.19. The molecule has 1 aromatic heterocycles. The smallest absolute Gasteiger partial charge is 0.264 e. The molecular weight excluding hydrogens is 289 g/mol. The lowest BCUT2D eigenvalue weighted by Gasteiger charge is -2.26. The van der Waals surface area contributed by atoms with Crippen LogP contribution in [0.5, 0.6) is 0 Å². The molecule has 2 rings (SSSR count). The van der Waals surface area contributed by atoms with Crippen molar-refractivity contribution in [3.63, 3.8) is 0 Å². The van der Waals surface area contributed by atoms with E-state index in [1.807, 2.05) is 5.92 Å². The fourth-order valence-corrected chi connectivity index (χ4v) is 2.21. The number of rotatable bonds is 2. The van der Waals surface area contributed by atoms with Crippen LogP contribution >= 0.6 is 12.2 Å². The maximum Gasteiger partial charge on any atom is 0.264 e. The van der Waals surface area contributed by atoms with Crippen molar-refractivity contribution in [1.29, 1.82) is 0 Å². The van der Waals surface area contributed by atoms with Crippen molar-refractivity contribution < 1.29 is 24.4 Å². The number of ether oxygens (including phenoxy) is 1. The third-order valence-corrected chi connectivity index (χ3v) is 3.36. The number of nitrogens with two attached hydrogens (primary N) is 1. The fraction of sp³-hybridized carbons (Fsp3) is 0.455. The standard InChI is InChI=1S/C11H12FN3O4S/c1-2-10(18)7(17)11(12,5-16)19-8(10)15-4-3-6(13)14-9(15)20/h1,3-4,7-8,16-18H,5H2,(H2,13,14,20)/t7?,8-,10-,11-/m1/s1. The van der Waals surface area contributed by atoms with Gasteiger partial charge in [-0.2, -0.15) is 0 Å². The topological polar surface area (TPSA) is 114 Å². The number of nitrogens with zero attached hydrogens (tertiary/aromatic N) is 2. The Hall–Kier alpha value is -1.57. The second-order valence-electron chi connectivity index (χ2n) is 4.33. The molecule has 108 valence electrons. The molecule has 2 heterocycles. The van der Waals surface area contributed by atoms with Gasteiger partial charge in [-0.1, -0.05) is 5.92 Å². The summed E-state index contributed by atoms with van der Waals surface area (Å²) >= 11 is 4.92. The lowest BCUT2D eigenvalue weighted by atomic mass is 9.94. The molecule has 5 N–H and O–H groups in total. The van der Waals surface area contributed by atoms with Crippen molar-refractivity contribution in [3.8, 4) is 12.3 Å². The summed E-state index contributed by atoms with van der Waals surface area (Å²) in [5.41, 5.74) is 3.01. The Morgan fingerprint density at radius 1 is 1.70 bits per heavy atom. The first-order chi connectivity index (χ1) is 9.28. The lowest BCUT2D eigenvalue weighted by Crippen LogP contribution is -2.50. The zero-order valence-electron chi connectivity index (χ0n) is 10.1. The molecule has 1 aromatic rings. The van der Waals surface area contributed by atoms with Gasteiger partial charge in [0.2, 0.25) is 10.4 Å². The van der Waals surface area contributed by atoms with Gasteiger partial charge in [-0.05, 0) is 18.3 Å². The van der Waals surface area contributed by atoms with E-state index in [1.54, 1.807) is 0 Å². The Bertz CT molecular complexity index is 633. The number of nitrogen functional groups attached to an aromatic ring is 1. The van der Waals surface area contributed by atoms with Gasteiger partial charge in [0, 0.05) is 6.20 Å². The van der Waals surface area contributed by atoms with E-state index < -0.39 is 30.4 Å². The first-order valence-corrected chi connectivity index (χ1v) is 5.90. The van der Waals surface area contributed by atoms with E-state index in [9.17, 15) is 14.6 Å². The van der Waals surface area contributed by atoms with Crippen LogP contribution in [0.4, 0.5) is 10.2 Å². The van der Waals surface area contributed by atoms with E-state index in [0.29, 0.717) is 0 Å². The normalized spacial score (nSPS) is 36.8. The molecule has 0 bridgehead atoms. The predicted octanol–water partition coefficient (Wildman–Crippen LogP) is -0.893. The Balaban J connectivity index is 2.56.